The van der Waals surface area contributed by atoms with E-state index in [0.717, 1.165) is 0 Å². The second-order valence-electron chi connectivity index (χ2n) is 7.03. The normalized spacial score (nSPS) is 26.0. The molecule has 0 fully saturated rings. The Kier molecular flexibility index (Phi) is 6.87. The van der Waals surface area contributed by atoms with Crippen molar-refractivity contribution in [3.8, 4) is 0 Å². The zero-order valence-corrected chi connectivity index (χ0v) is 15.8. The minimum absolute atomic E-state index is 0.202. The van der Waals surface area contributed by atoms with Crippen LogP contribution in [0.1, 0.15) is 40.5 Å². The molecule has 0 aromatic heterocycles. The average molecular weight is 362 g/mol. The Labute approximate surface area is 144 Å². The van der Waals surface area contributed by atoms with Gasteiger partial charge in [0.25, 0.3) is 0 Å². The van der Waals surface area contributed by atoms with Crippen LogP contribution >= 0.6 is 0 Å². The van der Waals surface area contributed by atoms with Gasteiger partial charge in [0, 0.05) is 18.1 Å². The lowest BCUT2D eigenvalue weighted by molar-refractivity contribution is 0.186. The van der Waals surface area contributed by atoms with Gasteiger partial charge in [-0.15, -0.1) is 0 Å². The number of hydrogen-bond donors (Lipinski definition) is 2. The van der Waals surface area contributed by atoms with Crippen molar-refractivity contribution in [2.24, 2.45) is 17.3 Å². The Bertz CT molecular complexity index is 643. The van der Waals surface area contributed by atoms with Gasteiger partial charge in [-0.3, -0.25) is 0 Å². The molecule has 0 aliphatic heterocycles. The quantitative estimate of drug-likeness (QED) is 0.535. The van der Waals surface area contributed by atoms with Gasteiger partial charge in [-0.2, -0.15) is 0 Å². The zero-order valence-electron chi connectivity index (χ0n) is 15.0. The molecule has 0 heterocycles. The average Bonchev–Trinajstić information content (AvgIpc) is 2.57. The van der Waals surface area contributed by atoms with Crippen LogP contribution in [-0.2, 0) is 10.0 Å². The maximum absolute atomic E-state index is 14.3. The van der Waals surface area contributed by atoms with Gasteiger partial charge in [0.15, 0.2) is 0 Å². The van der Waals surface area contributed by atoms with E-state index in [1.165, 1.54) is 13.1 Å². The van der Waals surface area contributed by atoms with Gasteiger partial charge in [0.2, 0.25) is 10.0 Å². The van der Waals surface area contributed by atoms with E-state index in [2.05, 4.69) is 4.72 Å². The SMILES string of the molecule is CNS(=O)(=O)C[C@](C)(C(C)CC(C)=N)C1C=CC(F)CC(F)=C1C. The first-order chi connectivity index (χ1) is 10.9. The molecule has 1 rings (SSSR count). The minimum Gasteiger partial charge on any atom is -0.310 e. The smallest absolute Gasteiger partial charge is 0.211 e. The number of alkyl halides is 1. The summed E-state index contributed by atoms with van der Waals surface area (Å²) in [5.74, 6) is -1.49. The largest absolute Gasteiger partial charge is 0.310 e. The van der Waals surface area contributed by atoms with E-state index in [-0.39, 0.29) is 18.1 Å². The summed E-state index contributed by atoms with van der Waals surface area (Å²) in [6.07, 6.45) is 1.58. The van der Waals surface area contributed by atoms with Crippen LogP contribution in [0.3, 0.4) is 0 Å². The highest BCUT2D eigenvalue weighted by molar-refractivity contribution is 7.89. The molecule has 24 heavy (non-hydrogen) atoms. The molecule has 0 spiro atoms. The van der Waals surface area contributed by atoms with E-state index in [9.17, 15) is 17.2 Å². The predicted octanol–water partition coefficient (Wildman–Crippen LogP) is 3.77. The van der Waals surface area contributed by atoms with Gasteiger partial charge < -0.3 is 5.41 Å². The third-order valence-electron chi connectivity index (χ3n) is 5.04. The summed E-state index contributed by atoms with van der Waals surface area (Å²) < 4.78 is 54.8. The summed E-state index contributed by atoms with van der Waals surface area (Å²) in [5.41, 5.74) is -0.0695. The lowest BCUT2D eigenvalue weighted by Gasteiger charge is -2.41. The van der Waals surface area contributed by atoms with Crippen molar-refractivity contribution in [1.82, 2.24) is 4.72 Å². The lowest BCUT2D eigenvalue weighted by Crippen LogP contribution is -2.43. The highest BCUT2D eigenvalue weighted by Crippen LogP contribution is 2.45. The molecule has 7 heteroatoms. The van der Waals surface area contributed by atoms with Crippen LogP contribution in [0.2, 0.25) is 0 Å². The first kappa shape index (κ1) is 21.0. The molecule has 0 aromatic rings. The Morgan fingerprint density at radius 2 is 2.08 bits per heavy atom. The maximum atomic E-state index is 14.3. The fraction of sp³-hybridized carbons (Fsp3) is 0.706. The van der Waals surface area contributed by atoms with E-state index in [4.69, 9.17) is 5.41 Å². The highest BCUT2D eigenvalue weighted by atomic mass is 32.2. The summed E-state index contributed by atoms with van der Waals surface area (Å²) in [6.45, 7) is 6.89. The summed E-state index contributed by atoms with van der Waals surface area (Å²) in [5, 5.41) is 7.73. The summed E-state index contributed by atoms with van der Waals surface area (Å²) in [6, 6.07) is 0. The molecule has 0 saturated heterocycles. The molecule has 0 saturated carbocycles. The molecule has 0 bridgehead atoms. The van der Waals surface area contributed by atoms with Gasteiger partial charge in [0.1, 0.15) is 12.0 Å². The van der Waals surface area contributed by atoms with Crippen molar-refractivity contribution < 1.29 is 17.2 Å². The van der Waals surface area contributed by atoms with Crippen molar-refractivity contribution in [2.75, 3.05) is 12.8 Å². The molecule has 0 amide bonds. The van der Waals surface area contributed by atoms with Crippen molar-refractivity contribution >= 4 is 15.7 Å². The van der Waals surface area contributed by atoms with Crippen LogP contribution in [0.15, 0.2) is 23.6 Å². The summed E-state index contributed by atoms with van der Waals surface area (Å²) >= 11 is 0. The number of allylic oxidation sites excluding steroid dienone is 4. The summed E-state index contributed by atoms with van der Waals surface area (Å²) in [4.78, 5) is 0. The second-order valence-corrected chi connectivity index (χ2v) is 8.95. The van der Waals surface area contributed by atoms with E-state index in [1.807, 2.05) is 6.92 Å². The monoisotopic (exact) mass is 362 g/mol. The first-order valence-electron chi connectivity index (χ1n) is 8.05. The Balaban J connectivity index is 3.42. The van der Waals surface area contributed by atoms with Gasteiger partial charge in [-0.05, 0) is 44.2 Å². The van der Waals surface area contributed by atoms with Gasteiger partial charge in [0.05, 0.1) is 5.75 Å². The van der Waals surface area contributed by atoms with Crippen molar-refractivity contribution in [3.63, 3.8) is 0 Å². The third kappa shape index (κ3) is 4.96. The molecule has 4 nitrogen and oxygen atoms in total. The van der Waals surface area contributed by atoms with E-state index in [1.54, 1.807) is 26.8 Å². The van der Waals surface area contributed by atoms with Gasteiger partial charge in [-0.25, -0.2) is 21.9 Å². The molecule has 0 radical (unpaired) electrons. The van der Waals surface area contributed by atoms with Crippen molar-refractivity contribution in [2.45, 2.75) is 46.7 Å². The second kappa shape index (κ2) is 7.87. The minimum atomic E-state index is -3.57. The number of hydrogen-bond acceptors (Lipinski definition) is 3. The molecule has 1 aliphatic carbocycles. The van der Waals surface area contributed by atoms with Crippen LogP contribution in [0.4, 0.5) is 8.78 Å². The van der Waals surface area contributed by atoms with Crippen LogP contribution in [-0.4, -0.2) is 33.1 Å². The van der Waals surface area contributed by atoms with Crippen LogP contribution in [0.5, 0.6) is 0 Å². The van der Waals surface area contributed by atoms with Crippen LogP contribution < -0.4 is 4.72 Å². The molecule has 0 aromatic carbocycles. The molecular weight excluding hydrogens is 334 g/mol. The fourth-order valence-electron chi connectivity index (χ4n) is 3.37. The molecule has 3 unspecified atom stereocenters. The van der Waals surface area contributed by atoms with Crippen molar-refractivity contribution in [1.29, 1.82) is 5.41 Å². The Hall–Kier alpha value is -1.08. The van der Waals surface area contributed by atoms with E-state index >= 15 is 0 Å². The Morgan fingerprint density at radius 1 is 1.50 bits per heavy atom. The number of nitrogens with one attached hydrogen (secondary N) is 2. The zero-order chi connectivity index (χ0) is 18.7. The Morgan fingerprint density at radius 3 is 2.58 bits per heavy atom. The molecule has 1 aliphatic rings. The fourth-order valence-corrected chi connectivity index (χ4v) is 4.80. The van der Waals surface area contributed by atoms with Crippen LogP contribution in [0, 0.1) is 22.7 Å². The predicted molar refractivity (Wildman–Crippen MR) is 94.1 cm³/mol. The standard InChI is InChI=1S/C17H28F2N2O2S/c1-11(8-12(2)20)17(4,10-24(22,23)21-5)15-7-6-14(18)9-16(19)13(15)3/h6-7,11,14-15,20-21H,8-10H2,1-5H3/t11?,14?,15?,17-/m1/s1. The molecule has 2 N–H and O–H groups in total. The number of rotatable bonds is 7. The van der Waals surface area contributed by atoms with Gasteiger partial charge >= 0.3 is 0 Å². The van der Waals surface area contributed by atoms with E-state index < -0.39 is 33.4 Å². The number of sulfonamides is 1. The van der Waals surface area contributed by atoms with E-state index in [0.29, 0.717) is 17.7 Å². The topological polar surface area (TPSA) is 70.0 Å². The maximum Gasteiger partial charge on any atom is 0.211 e. The van der Waals surface area contributed by atoms with Gasteiger partial charge in [-0.1, -0.05) is 26.0 Å². The molecule has 138 valence electrons. The lowest BCUT2D eigenvalue weighted by atomic mass is 9.65. The molecular formula is C17H28F2N2O2S. The summed E-state index contributed by atoms with van der Waals surface area (Å²) in [7, 11) is -2.23. The van der Waals surface area contributed by atoms with Crippen LogP contribution in [0.25, 0.3) is 0 Å². The third-order valence-corrected chi connectivity index (χ3v) is 6.67. The molecule has 4 atom stereocenters. The number of halogens is 2. The first-order valence-corrected chi connectivity index (χ1v) is 9.71. The highest BCUT2D eigenvalue weighted by Gasteiger charge is 2.43. The van der Waals surface area contributed by atoms with Crippen molar-refractivity contribution in [3.05, 3.63) is 23.6 Å².